The lowest BCUT2D eigenvalue weighted by Gasteiger charge is -2.02. The van der Waals surface area contributed by atoms with Gasteiger partial charge in [0.1, 0.15) is 12.4 Å². The van der Waals surface area contributed by atoms with Crippen LogP contribution in [0.1, 0.15) is 5.56 Å². The molecule has 2 aromatic rings. The fourth-order valence-corrected chi connectivity index (χ4v) is 1.78. The molecule has 0 spiro atoms. The van der Waals surface area contributed by atoms with Crippen LogP contribution in [0.2, 0.25) is 5.02 Å². The summed E-state index contributed by atoms with van der Waals surface area (Å²) in [5.41, 5.74) is 0.912. The molecular formula is C17H15ClN2O2. The van der Waals surface area contributed by atoms with E-state index in [1.54, 1.807) is 30.6 Å². The number of nitrogens with one attached hydrogen (secondary N) is 1. The van der Waals surface area contributed by atoms with Gasteiger partial charge in [0.05, 0.1) is 19.2 Å². The van der Waals surface area contributed by atoms with Gasteiger partial charge in [0.2, 0.25) is 5.91 Å². The van der Waals surface area contributed by atoms with Crippen LogP contribution in [0.15, 0.2) is 48.8 Å². The van der Waals surface area contributed by atoms with Crippen molar-refractivity contribution < 1.29 is 9.53 Å². The van der Waals surface area contributed by atoms with Crippen molar-refractivity contribution in [1.82, 2.24) is 10.3 Å². The smallest absolute Gasteiger partial charge is 0.225 e. The Labute approximate surface area is 134 Å². The molecule has 1 amide bonds. The number of hydrogen-bond acceptors (Lipinski definition) is 3. The SMILES string of the molecule is O=C(Cc1ccc(Cl)cc1)NCC#CCOc1cccnc1. The normalized spacial score (nSPS) is 9.50. The number of amides is 1. The molecule has 112 valence electrons. The molecule has 0 atom stereocenters. The van der Waals surface area contributed by atoms with Crippen molar-refractivity contribution in [3.8, 4) is 17.6 Å². The Bertz CT molecular complexity index is 661. The predicted octanol–water partition coefficient (Wildman–Crippen LogP) is 2.48. The molecule has 0 aliphatic heterocycles. The third-order valence-electron chi connectivity index (χ3n) is 2.72. The second-order valence-corrected chi connectivity index (χ2v) is 4.85. The Morgan fingerprint density at radius 1 is 1.23 bits per heavy atom. The number of halogens is 1. The van der Waals surface area contributed by atoms with Crippen LogP contribution in [0.4, 0.5) is 0 Å². The molecule has 4 nitrogen and oxygen atoms in total. The molecular weight excluding hydrogens is 300 g/mol. The third-order valence-corrected chi connectivity index (χ3v) is 2.97. The molecule has 22 heavy (non-hydrogen) atoms. The first-order valence-electron chi connectivity index (χ1n) is 6.74. The van der Waals surface area contributed by atoms with Gasteiger partial charge in [-0.1, -0.05) is 35.6 Å². The van der Waals surface area contributed by atoms with Gasteiger partial charge in [-0.3, -0.25) is 9.78 Å². The molecule has 2 rings (SSSR count). The molecule has 1 heterocycles. The van der Waals surface area contributed by atoms with Crippen LogP contribution in [-0.4, -0.2) is 24.0 Å². The second kappa shape index (κ2) is 8.71. The number of hydrogen-bond donors (Lipinski definition) is 1. The minimum Gasteiger partial charge on any atom is -0.479 e. The summed E-state index contributed by atoms with van der Waals surface area (Å²) in [6, 6.07) is 10.8. The predicted molar refractivity (Wildman–Crippen MR) is 85.7 cm³/mol. The summed E-state index contributed by atoms with van der Waals surface area (Å²) in [5.74, 6) is 6.25. The van der Waals surface area contributed by atoms with Crippen LogP contribution >= 0.6 is 11.6 Å². The van der Waals surface area contributed by atoms with Gasteiger partial charge in [-0.2, -0.15) is 0 Å². The first-order valence-corrected chi connectivity index (χ1v) is 7.11. The van der Waals surface area contributed by atoms with E-state index >= 15 is 0 Å². The molecule has 0 saturated heterocycles. The summed E-state index contributed by atoms with van der Waals surface area (Å²) in [6.07, 6.45) is 3.61. The number of carbonyl (C=O) groups is 1. The molecule has 0 radical (unpaired) electrons. The molecule has 0 saturated carbocycles. The van der Waals surface area contributed by atoms with Crippen molar-refractivity contribution in [2.24, 2.45) is 0 Å². The van der Waals surface area contributed by atoms with Crippen molar-refractivity contribution in [2.45, 2.75) is 6.42 Å². The van der Waals surface area contributed by atoms with Gasteiger partial charge in [0, 0.05) is 11.2 Å². The Morgan fingerprint density at radius 3 is 2.77 bits per heavy atom. The zero-order chi connectivity index (χ0) is 15.6. The van der Waals surface area contributed by atoms with Gasteiger partial charge >= 0.3 is 0 Å². The van der Waals surface area contributed by atoms with Crippen LogP contribution in [0.3, 0.4) is 0 Å². The molecule has 1 aromatic carbocycles. The van der Waals surface area contributed by atoms with E-state index in [0.717, 1.165) is 5.56 Å². The van der Waals surface area contributed by atoms with Gasteiger partial charge in [0.25, 0.3) is 0 Å². The second-order valence-electron chi connectivity index (χ2n) is 4.41. The quantitative estimate of drug-likeness (QED) is 0.863. The molecule has 0 aliphatic carbocycles. The summed E-state index contributed by atoms with van der Waals surface area (Å²) in [5, 5.41) is 3.39. The van der Waals surface area contributed by atoms with Gasteiger partial charge in [0.15, 0.2) is 0 Å². The maximum Gasteiger partial charge on any atom is 0.225 e. The Hall–Kier alpha value is -2.51. The fraction of sp³-hybridized carbons (Fsp3) is 0.176. The third kappa shape index (κ3) is 5.86. The molecule has 0 fully saturated rings. The van der Waals surface area contributed by atoms with Crippen LogP contribution in [0.25, 0.3) is 0 Å². The molecule has 1 aromatic heterocycles. The highest BCUT2D eigenvalue weighted by Gasteiger charge is 2.01. The van der Waals surface area contributed by atoms with E-state index in [9.17, 15) is 4.79 Å². The molecule has 1 N–H and O–H groups in total. The molecule has 0 bridgehead atoms. The Morgan fingerprint density at radius 2 is 2.05 bits per heavy atom. The summed E-state index contributed by atoms with van der Waals surface area (Å²) in [6.45, 7) is 0.557. The van der Waals surface area contributed by atoms with Crippen molar-refractivity contribution >= 4 is 17.5 Å². The first-order chi connectivity index (χ1) is 10.7. The standard InChI is InChI=1S/C17H15ClN2O2/c18-15-7-5-14(6-8-15)12-17(21)20-10-1-2-11-22-16-4-3-9-19-13-16/h3-9,13H,10-12H2,(H,20,21). The molecule has 0 aliphatic rings. The summed E-state index contributed by atoms with van der Waals surface area (Å²) in [4.78, 5) is 15.6. The lowest BCUT2D eigenvalue weighted by atomic mass is 10.1. The highest BCUT2D eigenvalue weighted by molar-refractivity contribution is 6.30. The zero-order valence-electron chi connectivity index (χ0n) is 11.9. The van der Waals surface area contributed by atoms with Crippen LogP contribution in [0.5, 0.6) is 5.75 Å². The van der Waals surface area contributed by atoms with Crippen LogP contribution in [-0.2, 0) is 11.2 Å². The number of benzene rings is 1. The number of ether oxygens (including phenoxy) is 1. The average Bonchev–Trinajstić information content (AvgIpc) is 2.54. The topological polar surface area (TPSA) is 51.2 Å². The maximum atomic E-state index is 11.7. The average molecular weight is 315 g/mol. The number of carbonyl (C=O) groups excluding carboxylic acids is 1. The van der Waals surface area contributed by atoms with Gasteiger partial charge in [-0.15, -0.1) is 0 Å². The summed E-state index contributed by atoms with van der Waals surface area (Å²) < 4.78 is 5.36. The highest BCUT2D eigenvalue weighted by atomic mass is 35.5. The highest BCUT2D eigenvalue weighted by Crippen LogP contribution is 2.09. The number of aromatic nitrogens is 1. The number of rotatable bonds is 5. The maximum absolute atomic E-state index is 11.7. The van der Waals surface area contributed by atoms with Gasteiger partial charge < -0.3 is 10.1 Å². The fourth-order valence-electron chi connectivity index (χ4n) is 1.66. The van der Waals surface area contributed by atoms with E-state index in [4.69, 9.17) is 16.3 Å². The summed E-state index contributed by atoms with van der Waals surface area (Å²) >= 11 is 5.79. The summed E-state index contributed by atoms with van der Waals surface area (Å²) in [7, 11) is 0. The van der Waals surface area contributed by atoms with Crippen LogP contribution in [0, 0.1) is 11.8 Å². The number of pyridine rings is 1. The molecule has 5 heteroatoms. The minimum atomic E-state index is -0.0789. The van der Waals surface area contributed by atoms with Crippen molar-refractivity contribution in [2.75, 3.05) is 13.2 Å². The molecule has 0 unspecified atom stereocenters. The van der Waals surface area contributed by atoms with Gasteiger partial charge in [-0.25, -0.2) is 0 Å². The zero-order valence-corrected chi connectivity index (χ0v) is 12.6. The van der Waals surface area contributed by atoms with Crippen molar-refractivity contribution in [3.63, 3.8) is 0 Å². The Balaban J connectivity index is 1.65. The van der Waals surface area contributed by atoms with Crippen molar-refractivity contribution in [1.29, 1.82) is 0 Å². The van der Waals surface area contributed by atoms with Crippen molar-refractivity contribution in [3.05, 3.63) is 59.4 Å². The largest absolute Gasteiger partial charge is 0.479 e. The lowest BCUT2D eigenvalue weighted by Crippen LogP contribution is -2.25. The van der Waals surface area contributed by atoms with E-state index in [0.29, 0.717) is 23.7 Å². The lowest BCUT2D eigenvalue weighted by molar-refractivity contribution is -0.120. The van der Waals surface area contributed by atoms with E-state index < -0.39 is 0 Å². The number of nitrogens with zero attached hydrogens (tertiary/aromatic N) is 1. The monoisotopic (exact) mass is 314 g/mol. The van der Waals surface area contributed by atoms with Crippen LogP contribution < -0.4 is 10.1 Å². The minimum absolute atomic E-state index is 0.0789. The van der Waals surface area contributed by atoms with E-state index in [2.05, 4.69) is 22.1 Å². The Kier molecular flexibility index (Phi) is 6.28. The van der Waals surface area contributed by atoms with E-state index in [1.165, 1.54) is 0 Å². The first kappa shape index (κ1) is 15.9. The van der Waals surface area contributed by atoms with E-state index in [-0.39, 0.29) is 12.5 Å². The van der Waals surface area contributed by atoms with Gasteiger partial charge in [-0.05, 0) is 29.8 Å². The van der Waals surface area contributed by atoms with E-state index in [1.807, 2.05) is 18.2 Å².